The van der Waals surface area contributed by atoms with Crippen LogP contribution in [0.1, 0.15) is 32.6 Å². The van der Waals surface area contributed by atoms with Crippen LogP contribution in [0.2, 0.25) is 0 Å². The van der Waals surface area contributed by atoms with Crippen molar-refractivity contribution in [2.75, 3.05) is 45.9 Å². The summed E-state index contributed by atoms with van der Waals surface area (Å²) < 4.78 is 5.62. The largest absolute Gasteiger partial charge is 0.368 e. The van der Waals surface area contributed by atoms with E-state index in [1.165, 1.54) is 0 Å². The molecule has 0 aliphatic carbocycles. The van der Waals surface area contributed by atoms with E-state index < -0.39 is 0 Å². The number of nitrogens with zero attached hydrogens (tertiary/aromatic N) is 2. The van der Waals surface area contributed by atoms with Crippen LogP contribution < -0.4 is 5.73 Å². The molecule has 0 bridgehead atoms. The zero-order valence-corrected chi connectivity index (χ0v) is 12.7. The van der Waals surface area contributed by atoms with Crippen LogP contribution in [0.25, 0.3) is 0 Å². The summed E-state index contributed by atoms with van der Waals surface area (Å²) in [7, 11) is 0. The number of carbonyl (C=O) groups is 1. The van der Waals surface area contributed by atoms with E-state index in [0.717, 1.165) is 71.6 Å². The van der Waals surface area contributed by atoms with E-state index in [9.17, 15) is 4.79 Å². The van der Waals surface area contributed by atoms with Gasteiger partial charge < -0.3 is 20.3 Å². The van der Waals surface area contributed by atoms with E-state index in [-0.39, 0.29) is 12.0 Å². The average molecular weight is 283 g/mol. The Balaban J connectivity index is 1.80. The zero-order chi connectivity index (χ0) is 14.4. The summed E-state index contributed by atoms with van der Waals surface area (Å²) in [5.41, 5.74) is 5.69. The Kier molecular flexibility index (Phi) is 6.26. The van der Waals surface area contributed by atoms with Gasteiger partial charge in [0, 0.05) is 32.8 Å². The predicted octanol–water partition coefficient (Wildman–Crippen LogP) is 0.685. The molecule has 2 heterocycles. The highest BCUT2D eigenvalue weighted by atomic mass is 16.5. The Bertz CT molecular complexity index is 305. The summed E-state index contributed by atoms with van der Waals surface area (Å²) in [6, 6.07) is 0. The third-order valence-corrected chi connectivity index (χ3v) is 4.33. The second-order valence-electron chi connectivity index (χ2n) is 6.18. The van der Waals surface area contributed by atoms with Crippen LogP contribution in [0.15, 0.2) is 0 Å². The maximum atomic E-state index is 12.5. The Morgan fingerprint density at radius 1 is 1.25 bits per heavy atom. The molecule has 2 unspecified atom stereocenters. The van der Waals surface area contributed by atoms with Crippen LogP contribution in [0.5, 0.6) is 0 Å². The minimum atomic E-state index is -0.182. The minimum Gasteiger partial charge on any atom is -0.368 e. The van der Waals surface area contributed by atoms with E-state index >= 15 is 0 Å². The van der Waals surface area contributed by atoms with Gasteiger partial charge in [-0.1, -0.05) is 6.92 Å². The smallest absolute Gasteiger partial charge is 0.251 e. The highest BCUT2D eigenvalue weighted by Gasteiger charge is 2.28. The van der Waals surface area contributed by atoms with Crippen molar-refractivity contribution in [2.45, 2.75) is 38.7 Å². The SMILES string of the molecule is CC(CN)CN1CCCN(C(=O)C2CCCCO2)CC1. The molecule has 0 radical (unpaired) electrons. The summed E-state index contributed by atoms with van der Waals surface area (Å²) in [4.78, 5) is 16.9. The maximum Gasteiger partial charge on any atom is 0.251 e. The van der Waals surface area contributed by atoms with E-state index in [4.69, 9.17) is 10.5 Å². The van der Waals surface area contributed by atoms with Crippen molar-refractivity contribution in [3.05, 3.63) is 0 Å². The Hall–Kier alpha value is -0.650. The van der Waals surface area contributed by atoms with E-state index in [2.05, 4.69) is 11.8 Å². The van der Waals surface area contributed by atoms with E-state index in [1.807, 2.05) is 4.90 Å². The summed E-state index contributed by atoms with van der Waals surface area (Å²) in [5.74, 6) is 0.734. The second-order valence-corrected chi connectivity index (χ2v) is 6.18. The van der Waals surface area contributed by atoms with Crippen LogP contribution in [-0.2, 0) is 9.53 Å². The van der Waals surface area contributed by atoms with Gasteiger partial charge in [0.2, 0.25) is 0 Å². The van der Waals surface area contributed by atoms with Crippen LogP contribution in [-0.4, -0.2) is 67.7 Å². The zero-order valence-electron chi connectivity index (χ0n) is 12.7. The molecule has 5 nitrogen and oxygen atoms in total. The maximum absolute atomic E-state index is 12.5. The lowest BCUT2D eigenvalue weighted by Gasteiger charge is -2.29. The fourth-order valence-electron chi connectivity index (χ4n) is 3.03. The normalized spacial score (nSPS) is 27.1. The van der Waals surface area contributed by atoms with Gasteiger partial charge in [-0.25, -0.2) is 0 Å². The minimum absolute atomic E-state index is 0.182. The Morgan fingerprint density at radius 3 is 2.80 bits per heavy atom. The highest BCUT2D eigenvalue weighted by molar-refractivity contribution is 5.81. The molecule has 20 heavy (non-hydrogen) atoms. The first-order valence-electron chi connectivity index (χ1n) is 8.03. The molecule has 0 aromatic heterocycles. The number of amides is 1. The monoisotopic (exact) mass is 283 g/mol. The second kappa shape index (κ2) is 7.96. The quantitative estimate of drug-likeness (QED) is 0.824. The molecule has 2 N–H and O–H groups in total. The highest BCUT2D eigenvalue weighted by Crippen LogP contribution is 2.16. The molecule has 2 atom stereocenters. The van der Waals surface area contributed by atoms with Crippen LogP contribution in [0, 0.1) is 5.92 Å². The summed E-state index contributed by atoms with van der Waals surface area (Å²) in [5, 5.41) is 0. The van der Waals surface area contributed by atoms with E-state index in [1.54, 1.807) is 0 Å². The molecule has 2 rings (SSSR count). The molecule has 0 aromatic carbocycles. The van der Waals surface area contributed by atoms with Crippen LogP contribution >= 0.6 is 0 Å². The van der Waals surface area contributed by atoms with Gasteiger partial charge in [-0.2, -0.15) is 0 Å². The lowest BCUT2D eigenvalue weighted by atomic mass is 10.1. The first kappa shape index (κ1) is 15.7. The number of hydrogen-bond acceptors (Lipinski definition) is 4. The van der Waals surface area contributed by atoms with Gasteiger partial charge in [0.05, 0.1) is 0 Å². The van der Waals surface area contributed by atoms with Crippen molar-refractivity contribution < 1.29 is 9.53 Å². The van der Waals surface area contributed by atoms with Gasteiger partial charge in [-0.3, -0.25) is 4.79 Å². The third-order valence-electron chi connectivity index (χ3n) is 4.33. The lowest BCUT2D eigenvalue weighted by molar-refractivity contribution is -0.146. The Labute approximate surface area is 122 Å². The summed E-state index contributed by atoms with van der Waals surface area (Å²) in [6.45, 7) is 8.42. The van der Waals surface area contributed by atoms with Gasteiger partial charge in [0.1, 0.15) is 6.10 Å². The van der Waals surface area contributed by atoms with Crippen molar-refractivity contribution in [2.24, 2.45) is 11.7 Å². The summed E-state index contributed by atoms with van der Waals surface area (Å²) in [6.07, 6.45) is 3.97. The number of hydrogen-bond donors (Lipinski definition) is 1. The molecule has 0 saturated carbocycles. The van der Waals surface area contributed by atoms with Crippen molar-refractivity contribution in [3.63, 3.8) is 0 Å². The molecule has 1 amide bonds. The molecule has 2 fully saturated rings. The summed E-state index contributed by atoms with van der Waals surface area (Å²) >= 11 is 0. The number of nitrogens with two attached hydrogens (primary N) is 1. The van der Waals surface area contributed by atoms with Crippen molar-refractivity contribution in [1.82, 2.24) is 9.80 Å². The van der Waals surface area contributed by atoms with Gasteiger partial charge in [0.25, 0.3) is 5.91 Å². The molecular formula is C15H29N3O2. The molecule has 2 saturated heterocycles. The van der Waals surface area contributed by atoms with Crippen molar-refractivity contribution in [1.29, 1.82) is 0 Å². The van der Waals surface area contributed by atoms with Gasteiger partial charge in [-0.05, 0) is 44.7 Å². The van der Waals surface area contributed by atoms with Gasteiger partial charge in [0.15, 0.2) is 0 Å². The fraction of sp³-hybridized carbons (Fsp3) is 0.933. The molecule has 0 spiro atoms. The standard InChI is InChI=1S/C15H29N3O2/c1-13(11-16)12-17-6-4-7-18(9-8-17)15(19)14-5-2-3-10-20-14/h13-14H,2-12,16H2,1H3. The van der Waals surface area contributed by atoms with Crippen molar-refractivity contribution in [3.8, 4) is 0 Å². The van der Waals surface area contributed by atoms with E-state index in [0.29, 0.717) is 5.92 Å². The first-order chi connectivity index (χ1) is 9.70. The first-order valence-corrected chi connectivity index (χ1v) is 8.03. The molecule has 5 heteroatoms. The topological polar surface area (TPSA) is 58.8 Å². The molecular weight excluding hydrogens is 254 g/mol. The number of carbonyl (C=O) groups excluding carboxylic acids is 1. The molecule has 2 aliphatic heterocycles. The molecule has 2 aliphatic rings. The molecule has 0 aromatic rings. The van der Waals surface area contributed by atoms with Crippen molar-refractivity contribution >= 4 is 5.91 Å². The van der Waals surface area contributed by atoms with Gasteiger partial charge in [-0.15, -0.1) is 0 Å². The van der Waals surface area contributed by atoms with Crippen LogP contribution in [0.3, 0.4) is 0 Å². The lowest BCUT2D eigenvalue weighted by Crippen LogP contribution is -2.43. The third kappa shape index (κ3) is 4.43. The number of rotatable bonds is 4. The number of ether oxygens (including phenoxy) is 1. The van der Waals surface area contributed by atoms with Crippen LogP contribution in [0.4, 0.5) is 0 Å². The van der Waals surface area contributed by atoms with Gasteiger partial charge >= 0.3 is 0 Å². The predicted molar refractivity (Wildman–Crippen MR) is 79.4 cm³/mol. The fourth-order valence-corrected chi connectivity index (χ4v) is 3.03. The average Bonchev–Trinajstić information content (AvgIpc) is 2.73. The molecule has 116 valence electrons. The Morgan fingerprint density at radius 2 is 2.10 bits per heavy atom.